The summed E-state index contributed by atoms with van der Waals surface area (Å²) in [6, 6.07) is 9.06. The topological polar surface area (TPSA) is 87.4 Å². The summed E-state index contributed by atoms with van der Waals surface area (Å²) in [5.74, 6) is -0.365. The maximum Gasteiger partial charge on any atom is 0.323 e. The molecule has 0 saturated heterocycles. The zero-order valence-corrected chi connectivity index (χ0v) is 9.85. The average molecular weight is 261 g/mol. The molecule has 5 N–H and O–H groups in total. The molecule has 0 spiro atoms. The Kier molecular flexibility index (Phi) is 3.51. The predicted molar refractivity (Wildman–Crippen MR) is 71.6 cm³/mol. The van der Waals surface area contributed by atoms with E-state index in [1.54, 1.807) is 0 Å². The molecule has 2 aromatic carbocycles. The molecule has 0 atom stereocenters. The number of carbonyl (C=O) groups is 1. The summed E-state index contributed by atoms with van der Waals surface area (Å²) in [5, 5.41) is 14.2. The van der Waals surface area contributed by atoms with Crippen molar-refractivity contribution < 1.29 is 14.3 Å². The van der Waals surface area contributed by atoms with Crippen LogP contribution in [0.15, 0.2) is 42.5 Å². The molecule has 0 aliphatic carbocycles. The van der Waals surface area contributed by atoms with Gasteiger partial charge in [0.1, 0.15) is 11.6 Å². The van der Waals surface area contributed by atoms with Crippen LogP contribution in [0.3, 0.4) is 0 Å². The molecule has 0 radical (unpaired) electrons. The van der Waals surface area contributed by atoms with Gasteiger partial charge in [-0.3, -0.25) is 0 Å². The fraction of sp³-hybridized carbons (Fsp3) is 0. The lowest BCUT2D eigenvalue weighted by Gasteiger charge is -2.09. The largest absolute Gasteiger partial charge is 0.508 e. The van der Waals surface area contributed by atoms with Gasteiger partial charge in [-0.1, -0.05) is 0 Å². The van der Waals surface area contributed by atoms with Gasteiger partial charge in [-0.2, -0.15) is 0 Å². The predicted octanol–water partition coefficient (Wildman–Crippen LogP) is 2.76. The highest BCUT2D eigenvalue weighted by atomic mass is 19.1. The number of urea groups is 1. The van der Waals surface area contributed by atoms with Gasteiger partial charge >= 0.3 is 6.03 Å². The normalized spacial score (nSPS) is 9.95. The van der Waals surface area contributed by atoms with Gasteiger partial charge in [0.15, 0.2) is 0 Å². The number of phenolic OH excluding ortho intramolecular Hbond substituents is 1. The smallest absolute Gasteiger partial charge is 0.323 e. The molecule has 0 saturated carbocycles. The van der Waals surface area contributed by atoms with Gasteiger partial charge in [-0.15, -0.1) is 0 Å². The maximum atomic E-state index is 12.7. The van der Waals surface area contributed by atoms with Crippen LogP contribution in [-0.4, -0.2) is 11.1 Å². The van der Waals surface area contributed by atoms with Crippen molar-refractivity contribution in [1.29, 1.82) is 0 Å². The molecule has 0 bridgehead atoms. The molecule has 0 aromatic heterocycles. The Morgan fingerprint density at radius 3 is 2.42 bits per heavy atom. The monoisotopic (exact) mass is 261 g/mol. The van der Waals surface area contributed by atoms with E-state index < -0.39 is 6.03 Å². The lowest BCUT2D eigenvalue weighted by atomic mass is 10.2. The number of aromatic hydroxyl groups is 1. The quantitative estimate of drug-likeness (QED) is 0.495. The number of rotatable bonds is 2. The van der Waals surface area contributed by atoms with Gasteiger partial charge in [0.2, 0.25) is 0 Å². The fourth-order valence-corrected chi connectivity index (χ4v) is 1.48. The standard InChI is InChI=1S/C13H12FN3O2/c14-8-1-3-9(4-2-8)16-13(19)17-12-6-5-10(18)7-11(12)15/h1-7,18H,15H2,(H2,16,17,19). The summed E-state index contributed by atoms with van der Waals surface area (Å²) in [6.07, 6.45) is 0. The maximum absolute atomic E-state index is 12.7. The molecule has 2 rings (SSSR count). The minimum atomic E-state index is -0.510. The minimum absolute atomic E-state index is 0.0157. The second-order valence-electron chi connectivity index (χ2n) is 3.86. The number of hydrogen-bond donors (Lipinski definition) is 4. The zero-order valence-electron chi connectivity index (χ0n) is 9.85. The Morgan fingerprint density at radius 2 is 1.79 bits per heavy atom. The summed E-state index contributed by atoms with van der Waals surface area (Å²) < 4.78 is 12.7. The average Bonchev–Trinajstić information content (AvgIpc) is 2.36. The molecule has 98 valence electrons. The molecule has 5 nitrogen and oxygen atoms in total. The molecule has 0 aliphatic rings. The highest BCUT2D eigenvalue weighted by Gasteiger charge is 2.06. The SMILES string of the molecule is Nc1cc(O)ccc1NC(=O)Nc1ccc(F)cc1. The Morgan fingerprint density at radius 1 is 1.11 bits per heavy atom. The molecule has 0 fully saturated rings. The van der Waals surface area contributed by atoms with E-state index in [2.05, 4.69) is 10.6 Å². The number of amides is 2. The first kappa shape index (κ1) is 12.7. The van der Waals surface area contributed by atoms with E-state index in [1.165, 1.54) is 42.5 Å². The van der Waals surface area contributed by atoms with Gasteiger partial charge < -0.3 is 21.5 Å². The Balaban J connectivity index is 2.03. The van der Waals surface area contributed by atoms with Crippen LogP contribution in [-0.2, 0) is 0 Å². The lowest BCUT2D eigenvalue weighted by molar-refractivity contribution is 0.262. The minimum Gasteiger partial charge on any atom is -0.508 e. The van der Waals surface area contributed by atoms with E-state index in [9.17, 15) is 14.3 Å². The van der Waals surface area contributed by atoms with E-state index in [0.29, 0.717) is 11.4 Å². The molecule has 19 heavy (non-hydrogen) atoms. The van der Waals surface area contributed by atoms with Crippen molar-refractivity contribution in [3.63, 3.8) is 0 Å². The van der Waals surface area contributed by atoms with Gasteiger partial charge in [0.05, 0.1) is 11.4 Å². The van der Waals surface area contributed by atoms with Crippen molar-refractivity contribution >= 4 is 23.1 Å². The van der Waals surface area contributed by atoms with Gasteiger partial charge in [-0.05, 0) is 36.4 Å². The third-order valence-corrected chi connectivity index (χ3v) is 2.39. The Labute approximate surface area is 108 Å². The van der Waals surface area contributed by atoms with Crippen LogP contribution in [0.2, 0.25) is 0 Å². The van der Waals surface area contributed by atoms with E-state index in [-0.39, 0.29) is 17.3 Å². The van der Waals surface area contributed by atoms with Crippen molar-refractivity contribution in [3.8, 4) is 5.75 Å². The third-order valence-electron chi connectivity index (χ3n) is 2.39. The molecular formula is C13H12FN3O2. The van der Waals surface area contributed by atoms with Gasteiger partial charge in [0, 0.05) is 11.8 Å². The molecule has 0 unspecified atom stereocenters. The summed E-state index contributed by atoms with van der Waals surface area (Å²) >= 11 is 0. The summed E-state index contributed by atoms with van der Waals surface area (Å²) in [7, 11) is 0. The number of nitrogens with two attached hydrogens (primary N) is 1. The van der Waals surface area contributed by atoms with E-state index >= 15 is 0 Å². The zero-order chi connectivity index (χ0) is 13.8. The van der Waals surface area contributed by atoms with Crippen molar-refractivity contribution in [2.45, 2.75) is 0 Å². The molecule has 2 amide bonds. The highest BCUT2D eigenvalue weighted by molar-refractivity contribution is 6.01. The molecular weight excluding hydrogens is 249 g/mol. The number of nitrogens with one attached hydrogen (secondary N) is 2. The molecule has 6 heteroatoms. The Hall–Kier alpha value is -2.76. The first-order valence-electron chi connectivity index (χ1n) is 5.46. The van der Waals surface area contributed by atoms with Crippen LogP contribution in [0.5, 0.6) is 5.75 Å². The van der Waals surface area contributed by atoms with Crippen molar-refractivity contribution in [2.75, 3.05) is 16.4 Å². The van der Waals surface area contributed by atoms with Crippen LogP contribution < -0.4 is 16.4 Å². The summed E-state index contributed by atoms with van der Waals surface area (Å²) in [4.78, 5) is 11.7. The molecule has 0 aliphatic heterocycles. The van der Waals surface area contributed by atoms with Crippen molar-refractivity contribution in [2.24, 2.45) is 0 Å². The molecule has 2 aromatic rings. The fourth-order valence-electron chi connectivity index (χ4n) is 1.48. The number of benzene rings is 2. The number of phenols is 1. The van der Waals surface area contributed by atoms with Crippen LogP contribution in [0.4, 0.5) is 26.2 Å². The van der Waals surface area contributed by atoms with Crippen LogP contribution in [0, 0.1) is 5.82 Å². The second kappa shape index (κ2) is 5.26. The number of carbonyl (C=O) groups excluding carboxylic acids is 1. The number of halogens is 1. The first-order valence-corrected chi connectivity index (χ1v) is 5.46. The highest BCUT2D eigenvalue weighted by Crippen LogP contribution is 2.23. The first-order chi connectivity index (χ1) is 9.04. The number of anilines is 3. The van der Waals surface area contributed by atoms with Crippen LogP contribution in [0.25, 0.3) is 0 Å². The number of nitrogen functional groups attached to an aromatic ring is 1. The van der Waals surface area contributed by atoms with E-state index in [0.717, 1.165) is 0 Å². The summed E-state index contributed by atoms with van der Waals surface area (Å²) in [5.41, 5.74) is 6.70. The number of hydrogen-bond acceptors (Lipinski definition) is 3. The Bertz CT molecular complexity index is 599. The van der Waals surface area contributed by atoms with Crippen molar-refractivity contribution in [1.82, 2.24) is 0 Å². The van der Waals surface area contributed by atoms with Crippen LogP contribution >= 0.6 is 0 Å². The van der Waals surface area contributed by atoms with E-state index in [4.69, 9.17) is 5.73 Å². The van der Waals surface area contributed by atoms with Gasteiger partial charge in [-0.25, -0.2) is 9.18 Å². The third kappa shape index (κ3) is 3.35. The second-order valence-corrected chi connectivity index (χ2v) is 3.86. The van der Waals surface area contributed by atoms with E-state index in [1.807, 2.05) is 0 Å². The lowest BCUT2D eigenvalue weighted by Crippen LogP contribution is -2.20. The van der Waals surface area contributed by atoms with Gasteiger partial charge in [0.25, 0.3) is 0 Å². The van der Waals surface area contributed by atoms with Crippen LogP contribution in [0.1, 0.15) is 0 Å². The molecule has 0 heterocycles. The van der Waals surface area contributed by atoms with Crippen molar-refractivity contribution in [3.05, 3.63) is 48.3 Å². The summed E-state index contributed by atoms with van der Waals surface area (Å²) in [6.45, 7) is 0.